The molecular weight excluding hydrogens is 426 g/mol. The molecule has 3 N–H and O–H groups in total. The number of anilines is 1. The molecule has 0 atom stereocenters. The first-order chi connectivity index (χ1) is 13.9. The highest BCUT2D eigenvalue weighted by atomic mass is 32.1. The number of carbonyl (C=O) groups is 2. The molecule has 9 heteroatoms. The van der Waals surface area contributed by atoms with Gasteiger partial charge < -0.3 is 10.1 Å². The second-order valence-corrected chi connectivity index (χ2v) is 9.61. The van der Waals surface area contributed by atoms with Crippen LogP contribution in [0.4, 0.5) is 5.00 Å². The molecule has 0 saturated heterocycles. The molecule has 0 aliphatic heterocycles. The maximum Gasteiger partial charge on any atom is 0.341 e. The van der Waals surface area contributed by atoms with Gasteiger partial charge >= 0.3 is 5.97 Å². The number of thiophene rings is 2. The molecule has 2 aromatic rings. The van der Waals surface area contributed by atoms with Crippen molar-refractivity contribution in [2.75, 3.05) is 12.4 Å². The van der Waals surface area contributed by atoms with E-state index in [9.17, 15) is 9.59 Å². The summed E-state index contributed by atoms with van der Waals surface area (Å²) in [5.41, 5.74) is 8.11. The molecule has 0 unspecified atom stereocenters. The summed E-state index contributed by atoms with van der Waals surface area (Å²) in [5.74, 6) is -0.613. The van der Waals surface area contributed by atoms with E-state index in [0.717, 1.165) is 23.3 Å². The third-order valence-corrected chi connectivity index (χ3v) is 7.44. The molecule has 0 aromatic carbocycles. The number of esters is 1. The van der Waals surface area contributed by atoms with Crippen LogP contribution >= 0.6 is 34.9 Å². The quantitative estimate of drug-likeness (QED) is 0.277. The van der Waals surface area contributed by atoms with Crippen molar-refractivity contribution in [3.63, 3.8) is 0 Å². The molecule has 2 heterocycles. The zero-order valence-electron chi connectivity index (χ0n) is 16.8. The van der Waals surface area contributed by atoms with Gasteiger partial charge in [-0.1, -0.05) is 13.3 Å². The zero-order chi connectivity index (χ0) is 21.0. The summed E-state index contributed by atoms with van der Waals surface area (Å²) in [6.45, 7) is 3.95. The highest BCUT2D eigenvalue weighted by molar-refractivity contribution is 7.80. The van der Waals surface area contributed by atoms with Crippen molar-refractivity contribution in [1.82, 2.24) is 10.9 Å². The summed E-state index contributed by atoms with van der Waals surface area (Å²) in [4.78, 5) is 27.7. The van der Waals surface area contributed by atoms with Gasteiger partial charge in [-0.05, 0) is 68.4 Å². The molecule has 0 fully saturated rings. The Morgan fingerprint density at radius 3 is 2.66 bits per heavy atom. The number of hydrogen-bond acceptors (Lipinski definition) is 6. The minimum atomic E-state index is -0.402. The van der Waals surface area contributed by atoms with Gasteiger partial charge in [0.05, 0.1) is 17.6 Å². The molecule has 2 aromatic heterocycles. The maximum atomic E-state index is 12.5. The number of aryl methyl sites for hydroxylation is 3. The minimum Gasteiger partial charge on any atom is -0.465 e. The second kappa shape index (κ2) is 9.69. The van der Waals surface area contributed by atoms with Crippen LogP contribution < -0.4 is 16.2 Å². The van der Waals surface area contributed by atoms with Crippen molar-refractivity contribution in [3.05, 3.63) is 37.4 Å². The third kappa shape index (κ3) is 4.96. The fourth-order valence-electron chi connectivity index (χ4n) is 3.50. The van der Waals surface area contributed by atoms with Crippen molar-refractivity contribution in [2.24, 2.45) is 0 Å². The van der Waals surface area contributed by atoms with Crippen LogP contribution in [-0.4, -0.2) is 24.1 Å². The number of carbonyl (C=O) groups excluding carboxylic acids is 2. The number of amides is 1. The van der Waals surface area contributed by atoms with Crippen LogP contribution in [0.2, 0.25) is 0 Å². The lowest BCUT2D eigenvalue weighted by atomic mass is 10.1. The molecule has 0 spiro atoms. The third-order valence-electron chi connectivity index (χ3n) is 4.94. The fraction of sp³-hybridized carbons (Fsp3) is 0.450. The number of hydrazine groups is 1. The van der Waals surface area contributed by atoms with Gasteiger partial charge in [-0.15, -0.1) is 22.7 Å². The highest BCUT2D eigenvalue weighted by Crippen LogP contribution is 2.34. The van der Waals surface area contributed by atoms with Crippen LogP contribution in [0.15, 0.2) is 6.07 Å². The Hall–Kier alpha value is -1.97. The predicted octanol–water partition coefficient (Wildman–Crippen LogP) is 4.37. The topological polar surface area (TPSA) is 79.5 Å². The van der Waals surface area contributed by atoms with Crippen molar-refractivity contribution < 1.29 is 14.3 Å². The number of hydrogen-bond donors (Lipinski definition) is 3. The van der Waals surface area contributed by atoms with Gasteiger partial charge in [-0.3, -0.25) is 15.6 Å². The molecule has 0 radical (unpaired) electrons. The number of thiocarbonyl (C=S) groups is 1. The molecule has 3 rings (SSSR count). The van der Waals surface area contributed by atoms with Crippen molar-refractivity contribution in [3.8, 4) is 0 Å². The molecule has 1 amide bonds. The Morgan fingerprint density at radius 2 is 1.93 bits per heavy atom. The predicted molar refractivity (Wildman–Crippen MR) is 122 cm³/mol. The van der Waals surface area contributed by atoms with Crippen LogP contribution in [0.3, 0.4) is 0 Å². The summed E-state index contributed by atoms with van der Waals surface area (Å²) in [6.07, 6.45) is 6.42. The molecule has 0 bridgehead atoms. The monoisotopic (exact) mass is 451 g/mol. The van der Waals surface area contributed by atoms with Gasteiger partial charge in [0, 0.05) is 9.75 Å². The van der Waals surface area contributed by atoms with Gasteiger partial charge in [0.1, 0.15) is 5.00 Å². The molecule has 156 valence electrons. The van der Waals surface area contributed by atoms with Gasteiger partial charge in [-0.25, -0.2) is 4.79 Å². The lowest BCUT2D eigenvalue weighted by Gasteiger charge is -2.11. The molecular formula is C20H25N3O3S3. The van der Waals surface area contributed by atoms with E-state index in [1.807, 2.05) is 19.9 Å². The van der Waals surface area contributed by atoms with Crippen molar-refractivity contribution in [2.45, 2.75) is 52.4 Å². The second-order valence-electron chi connectivity index (χ2n) is 6.84. The molecule has 1 aliphatic rings. The first kappa shape index (κ1) is 21.7. The van der Waals surface area contributed by atoms with Crippen molar-refractivity contribution in [1.29, 1.82) is 0 Å². The standard InChI is InChI=1S/C20H25N3O3S3/c1-4-13-11(2)28-18(16(13)19(25)26-3)21-20(27)23-22-17(24)15-10-12-8-6-5-7-9-14(12)29-15/h10H,4-9H2,1-3H3,(H,22,24)(H2,21,23,27). The van der Waals surface area contributed by atoms with E-state index in [-0.39, 0.29) is 11.0 Å². The van der Waals surface area contributed by atoms with E-state index in [2.05, 4.69) is 16.2 Å². The summed E-state index contributed by atoms with van der Waals surface area (Å²) in [7, 11) is 1.36. The Bertz CT molecular complexity index is 910. The van der Waals surface area contributed by atoms with E-state index in [4.69, 9.17) is 17.0 Å². The van der Waals surface area contributed by atoms with E-state index in [1.54, 1.807) is 11.3 Å². The van der Waals surface area contributed by atoms with Crippen molar-refractivity contribution >= 4 is 56.9 Å². The molecule has 1 aliphatic carbocycles. The van der Waals surface area contributed by atoms with Crippen LogP contribution in [0.25, 0.3) is 0 Å². The maximum absolute atomic E-state index is 12.5. The largest absolute Gasteiger partial charge is 0.465 e. The number of methoxy groups -OCH3 is 1. The Kier molecular flexibility index (Phi) is 7.26. The molecule has 29 heavy (non-hydrogen) atoms. The Balaban J connectivity index is 1.63. The first-order valence-electron chi connectivity index (χ1n) is 9.64. The normalized spacial score (nSPS) is 13.2. The van der Waals surface area contributed by atoms with Gasteiger partial charge in [0.2, 0.25) is 0 Å². The van der Waals surface area contributed by atoms with Crippen LogP contribution in [0, 0.1) is 6.92 Å². The summed E-state index contributed by atoms with van der Waals surface area (Å²) in [5, 5.41) is 3.84. The van der Waals surface area contributed by atoms with Crippen LogP contribution in [0.5, 0.6) is 0 Å². The summed E-state index contributed by atoms with van der Waals surface area (Å²) in [6, 6.07) is 1.99. The van der Waals surface area contributed by atoms with E-state index in [1.165, 1.54) is 48.1 Å². The minimum absolute atomic E-state index is 0.211. The highest BCUT2D eigenvalue weighted by Gasteiger charge is 2.22. The molecule has 6 nitrogen and oxygen atoms in total. The number of rotatable bonds is 4. The number of nitrogens with one attached hydrogen (secondary N) is 3. The van der Waals surface area contributed by atoms with Gasteiger partial charge in [0.15, 0.2) is 5.11 Å². The SMILES string of the molecule is CCc1c(C)sc(NC(=S)NNC(=O)c2cc3c(s2)CCCCC3)c1C(=O)OC. The fourth-order valence-corrected chi connectivity index (χ4v) is 6.00. The summed E-state index contributed by atoms with van der Waals surface area (Å²) < 4.78 is 4.91. The Labute approximate surface area is 184 Å². The average molecular weight is 452 g/mol. The van der Waals surface area contributed by atoms with Gasteiger partial charge in [0.25, 0.3) is 5.91 Å². The average Bonchev–Trinajstić information content (AvgIpc) is 3.17. The number of ether oxygens (including phenoxy) is 1. The van der Waals surface area contributed by atoms with E-state index < -0.39 is 5.97 Å². The first-order valence-corrected chi connectivity index (χ1v) is 11.7. The lowest BCUT2D eigenvalue weighted by Crippen LogP contribution is -2.43. The van der Waals surface area contributed by atoms with Crippen LogP contribution in [-0.2, 0) is 24.0 Å². The number of fused-ring (bicyclic) bond motifs is 1. The summed E-state index contributed by atoms with van der Waals surface area (Å²) >= 11 is 8.29. The zero-order valence-corrected chi connectivity index (χ0v) is 19.2. The van der Waals surface area contributed by atoms with Gasteiger partial charge in [-0.2, -0.15) is 0 Å². The Morgan fingerprint density at radius 1 is 1.17 bits per heavy atom. The van der Waals surface area contributed by atoms with E-state index in [0.29, 0.717) is 21.9 Å². The van der Waals surface area contributed by atoms with E-state index >= 15 is 0 Å². The smallest absolute Gasteiger partial charge is 0.341 e. The lowest BCUT2D eigenvalue weighted by molar-refractivity contribution is 0.0601. The molecule has 0 saturated carbocycles. The van der Waals surface area contributed by atoms with Crippen LogP contribution in [0.1, 0.15) is 67.1 Å².